The van der Waals surface area contributed by atoms with Crippen molar-refractivity contribution in [2.75, 3.05) is 0 Å². The first-order valence-electron chi connectivity index (χ1n) is 4.43. The van der Waals surface area contributed by atoms with Crippen LogP contribution in [0.25, 0.3) is 0 Å². The molecule has 0 spiro atoms. The summed E-state index contributed by atoms with van der Waals surface area (Å²) in [6.45, 7) is 0. The third-order valence-electron chi connectivity index (χ3n) is 2.47. The molecule has 1 aromatic rings. The standard InChI is InChI=1S/C10H8N2OS/c13-10-9-8(11-12-10)7-4-2-1-3-6(7)5-14-9/h1-4,9H,5H2,(H,12,13). The van der Waals surface area contributed by atoms with Crippen molar-refractivity contribution in [1.29, 1.82) is 0 Å². The first-order chi connectivity index (χ1) is 6.86. The number of hydrogen-bond acceptors (Lipinski definition) is 3. The van der Waals surface area contributed by atoms with Crippen molar-refractivity contribution in [2.24, 2.45) is 5.10 Å². The maximum Gasteiger partial charge on any atom is 0.259 e. The molecule has 3 rings (SSSR count). The molecule has 1 unspecified atom stereocenters. The van der Waals surface area contributed by atoms with Crippen LogP contribution in [0.5, 0.6) is 0 Å². The third-order valence-corrected chi connectivity index (χ3v) is 3.72. The molecular weight excluding hydrogens is 196 g/mol. The van der Waals surface area contributed by atoms with Crippen molar-refractivity contribution < 1.29 is 4.79 Å². The minimum absolute atomic E-state index is 0.0134. The lowest BCUT2D eigenvalue weighted by Gasteiger charge is -2.19. The smallest absolute Gasteiger partial charge is 0.259 e. The van der Waals surface area contributed by atoms with Gasteiger partial charge in [-0.15, -0.1) is 11.8 Å². The Hall–Kier alpha value is -1.29. The van der Waals surface area contributed by atoms with Crippen LogP contribution < -0.4 is 5.43 Å². The van der Waals surface area contributed by atoms with Gasteiger partial charge in [-0.2, -0.15) is 5.10 Å². The van der Waals surface area contributed by atoms with Crippen LogP contribution in [-0.2, 0) is 10.5 Å². The number of carbonyl (C=O) groups excluding carboxylic acids is 1. The van der Waals surface area contributed by atoms with Crippen LogP contribution >= 0.6 is 11.8 Å². The van der Waals surface area contributed by atoms with Crippen LogP contribution in [-0.4, -0.2) is 16.9 Å². The second-order valence-corrected chi connectivity index (χ2v) is 4.41. The van der Waals surface area contributed by atoms with Crippen LogP contribution in [0.2, 0.25) is 0 Å². The quantitative estimate of drug-likeness (QED) is 0.688. The zero-order chi connectivity index (χ0) is 9.54. The summed E-state index contributed by atoms with van der Waals surface area (Å²) in [6.07, 6.45) is 0. The Balaban J connectivity index is 2.15. The molecule has 2 heterocycles. The molecule has 2 aliphatic rings. The Morgan fingerprint density at radius 3 is 3.21 bits per heavy atom. The number of hydrazone groups is 1. The molecule has 3 nitrogen and oxygen atoms in total. The summed E-state index contributed by atoms with van der Waals surface area (Å²) >= 11 is 1.64. The van der Waals surface area contributed by atoms with Crippen LogP contribution in [0.3, 0.4) is 0 Å². The van der Waals surface area contributed by atoms with E-state index in [9.17, 15) is 4.79 Å². The lowest BCUT2D eigenvalue weighted by atomic mass is 10.0. The number of nitrogens with zero attached hydrogens (tertiary/aromatic N) is 1. The maximum atomic E-state index is 11.4. The van der Waals surface area contributed by atoms with Gasteiger partial charge in [0, 0.05) is 11.3 Å². The monoisotopic (exact) mass is 204 g/mol. The Morgan fingerprint density at radius 2 is 2.29 bits per heavy atom. The summed E-state index contributed by atoms with van der Waals surface area (Å²) in [7, 11) is 0. The molecule has 1 N–H and O–H groups in total. The summed E-state index contributed by atoms with van der Waals surface area (Å²) < 4.78 is 0. The molecule has 0 saturated heterocycles. The van der Waals surface area contributed by atoms with E-state index in [0.717, 1.165) is 17.0 Å². The zero-order valence-corrected chi connectivity index (χ0v) is 8.17. The number of carbonyl (C=O) groups is 1. The van der Waals surface area contributed by atoms with Crippen LogP contribution in [0.1, 0.15) is 11.1 Å². The van der Waals surface area contributed by atoms with Gasteiger partial charge in [-0.3, -0.25) is 4.79 Å². The number of hydrogen-bond donors (Lipinski definition) is 1. The highest BCUT2D eigenvalue weighted by Gasteiger charge is 2.35. The second kappa shape index (κ2) is 2.85. The topological polar surface area (TPSA) is 41.5 Å². The van der Waals surface area contributed by atoms with E-state index in [-0.39, 0.29) is 11.2 Å². The number of amides is 1. The highest BCUT2D eigenvalue weighted by Crippen LogP contribution is 2.32. The van der Waals surface area contributed by atoms with Crippen molar-refractivity contribution in [2.45, 2.75) is 11.0 Å². The number of fused-ring (bicyclic) bond motifs is 3. The molecule has 1 amide bonds. The van der Waals surface area contributed by atoms with E-state index in [1.807, 2.05) is 18.2 Å². The van der Waals surface area contributed by atoms with Gasteiger partial charge in [0.2, 0.25) is 0 Å². The second-order valence-electron chi connectivity index (χ2n) is 3.32. The van der Waals surface area contributed by atoms with Crippen LogP contribution in [0, 0.1) is 0 Å². The van der Waals surface area contributed by atoms with Gasteiger partial charge in [-0.25, -0.2) is 5.43 Å². The van der Waals surface area contributed by atoms with Gasteiger partial charge in [0.25, 0.3) is 5.91 Å². The number of nitrogens with one attached hydrogen (secondary N) is 1. The molecule has 1 aromatic carbocycles. The van der Waals surface area contributed by atoms with Crippen molar-refractivity contribution in [3.05, 3.63) is 35.4 Å². The highest BCUT2D eigenvalue weighted by atomic mass is 32.2. The summed E-state index contributed by atoms with van der Waals surface area (Å²) in [5.74, 6) is 0.910. The van der Waals surface area contributed by atoms with E-state index in [2.05, 4.69) is 16.6 Å². The van der Waals surface area contributed by atoms with Gasteiger partial charge in [-0.1, -0.05) is 24.3 Å². The molecule has 1 atom stereocenters. The molecule has 0 aliphatic carbocycles. The molecule has 0 fully saturated rings. The first-order valence-corrected chi connectivity index (χ1v) is 5.48. The van der Waals surface area contributed by atoms with Gasteiger partial charge in [0.05, 0.1) is 5.71 Å². The van der Waals surface area contributed by atoms with Crippen molar-refractivity contribution in [3.8, 4) is 0 Å². The lowest BCUT2D eigenvalue weighted by molar-refractivity contribution is -0.118. The fourth-order valence-electron chi connectivity index (χ4n) is 1.78. The van der Waals surface area contributed by atoms with E-state index < -0.39 is 0 Å². The maximum absolute atomic E-state index is 11.4. The molecule has 0 radical (unpaired) electrons. The van der Waals surface area contributed by atoms with E-state index in [0.29, 0.717) is 0 Å². The Kier molecular flexibility index (Phi) is 1.64. The molecule has 0 saturated carbocycles. The van der Waals surface area contributed by atoms with E-state index in [4.69, 9.17) is 0 Å². The summed E-state index contributed by atoms with van der Waals surface area (Å²) in [4.78, 5) is 11.4. The number of benzene rings is 1. The zero-order valence-electron chi connectivity index (χ0n) is 7.36. The van der Waals surface area contributed by atoms with Gasteiger partial charge >= 0.3 is 0 Å². The fraction of sp³-hybridized carbons (Fsp3) is 0.200. The third kappa shape index (κ3) is 1.00. The number of thioether (sulfide) groups is 1. The minimum Gasteiger partial charge on any atom is -0.271 e. The van der Waals surface area contributed by atoms with E-state index in [1.54, 1.807) is 11.8 Å². The molecule has 0 bridgehead atoms. The summed E-state index contributed by atoms with van der Waals surface area (Å²) in [5.41, 5.74) is 5.81. The van der Waals surface area contributed by atoms with Crippen LogP contribution in [0.4, 0.5) is 0 Å². The normalized spacial score (nSPS) is 23.6. The molecule has 70 valence electrons. The average molecular weight is 204 g/mol. The van der Waals surface area contributed by atoms with Gasteiger partial charge < -0.3 is 0 Å². The minimum atomic E-state index is -0.0927. The Bertz CT molecular complexity index is 442. The van der Waals surface area contributed by atoms with Gasteiger partial charge in [0.1, 0.15) is 5.25 Å². The van der Waals surface area contributed by atoms with E-state index in [1.165, 1.54) is 5.56 Å². The first kappa shape index (κ1) is 8.05. The predicted molar refractivity (Wildman–Crippen MR) is 56.2 cm³/mol. The van der Waals surface area contributed by atoms with Gasteiger partial charge in [-0.05, 0) is 5.56 Å². The van der Waals surface area contributed by atoms with Crippen molar-refractivity contribution in [1.82, 2.24) is 5.43 Å². The predicted octanol–water partition coefficient (Wildman–Crippen LogP) is 1.14. The lowest BCUT2D eigenvalue weighted by Crippen LogP contribution is -2.29. The summed E-state index contributed by atoms with van der Waals surface area (Å²) in [5, 5.41) is 3.98. The molecular formula is C10H8N2OS. The average Bonchev–Trinajstić information content (AvgIpc) is 2.61. The SMILES string of the molecule is O=C1NN=C2c3ccccc3CSC12. The molecule has 2 aliphatic heterocycles. The number of rotatable bonds is 0. The molecule has 4 heteroatoms. The largest absolute Gasteiger partial charge is 0.271 e. The van der Waals surface area contributed by atoms with Crippen molar-refractivity contribution >= 4 is 23.4 Å². The molecule has 14 heavy (non-hydrogen) atoms. The van der Waals surface area contributed by atoms with Crippen molar-refractivity contribution in [3.63, 3.8) is 0 Å². The van der Waals surface area contributed by atoms with Gasteiger partial charge in [0.15, 0.2) is 0 Å². The fourth-order valence-corrected chi connectivity index (χ4v) is 2.92. The molecule has 0 aromatic heterocycles. The van der Waals surface area contributed by atoms with E-state index >= 15 is 0 Å². The summed E-state index contributed by atoms with van der Waals surface area (Å²) in [6, 6.07) is 8.12. The Labute approximate surface area is 85.6 Å². The van der Waals surface area contributed by atoms with Crippen LogP contribution in [0.15, 0.2) is 29.4 Å². The highest BCUT2D eigenvalue weighted by molar-refractivity contribution is 8.00. The Morgan fingerprint density at radius 1 is 1.43 bits per heavy atom.